The maximum absolute atomic E-state index is 5.26. The number of para-hydroxylation sites is 1. The normalized spacial score (nSPS) is 13.9. The highest BCUT2D eigenvalue weighted by Crippen LogP contribution is 2.50. The van der Waals surface area contributed by atoms with Gasteiger partial charge in [0.2, 0.25) is 5.95 Å². The summed E-state index contributed by atoms with van der Waals surface area (Å²) in [6, 6.07) is 46.3. The number of benzene rings is 6. The van der Waals surface area contributed by atoms with Crippen LogP contribution in [0.2, 0.25) is 0 Å². The van der Waals surface area contributed by atoms with Gasteiger partial charge in [0.1, 0.15) is 0 Å². The smallest absolute Gasteiger partial charge is 0.235 e. The lowest BCUT2D eigenvalue weighted by atomic mass is 9.82. The van der Waals surface area contributed by atoms with Gasteiger partial charge < -0.3 is 0 Å². The minimum Gasteiger partial charge on any atom is -0.278 e. The van der Waals surface area contributed by atoms with E-state index in [-0.39, 0.29) is 5.41 Å². The number of nitrogens with zero attached hydrogens (tertiary/aromatic N) is 3. The molecule has 2 aliphatic rings. The zero-order chi connectivity index (χ0) is 29.2. The van der Waals surface area contributed by atoms with Crippen LogP contribution in [0.3, 0.4) is 0 Å². The third-order valence-corrected chi connectivity index (χ3v) is 9.97. The van der Waals surface area contributed by atoms with Gasteiger partial charge in [0, 0.05) is 27.1 Å². The largest absolute Gasteiger partial charge is 0.278 e. The summed E-state index contributed by atoms with van der Waals surface area (Å²) >= 11 is 0. The monoisotopic (exact) mass is 561 g/mol. The molecule has 0 spiro atoms. The van der Waals surface area contributed by atoms with E-state index in [9.17, 15) is 0 Å². The van der Waals surface area contributed by atoms with E-state index in [1.807, 2.05) is 0 Å². The van der Waals surface area contributed by atoms with Crippen molar-refractivity contribution in [3.63, 3.8) is 0 Å². The molecule has 2 heterocycles. The fourth-order valence-electron chi connectivity index (χ4n) is 7.88. The number of fused-ring (bicyclic) bond motifs is 9. The third kappa shape index (κ3) is 3.01. The predicted molar refractivity (Wildman–Crippen MR) is 181 cm³/mol. The molecule has 3 heteroatoms. The molecule has 10 rings (SSSR count). The minimum atomic E-state index is 0.00325. The van der Waals surface area contributed by atoms with Crippen molar-refractivity contribution in [2.45, 2.75) is 19.3 Å². The fraction of sp³-hybridized carbons (Fsp3) is 0.0732. The second kappa shape index (κ2) is 8.30. The molecule has 0 amide bonds. The summed E-state index contributed by atoms with van der Waals surface area (Å²) in [5, 5.41) is 3.54. The molecule has 0 N–H and O–H groups in total. The van der Waals surface area contributed by atoms with E-state index in [4.69, 9.17) is 9.97 Å². The van der Waals surface area contributed by atoms with Crippen molar-refractivity contribution in [2.75, 3.05) is 0 Å². The van der Waals surface area contributed by atoms with Crippen LogP contribution in [0, 0.1) is 0 Å². The van der Waals surface area contributed by atoms with Crippen molar-refractivity contribution in [2.24, 2.45) is 0 Å². The summed E-state index contributed by atoms with van der Waals surface area (Å²) in [4.78, 5) is 10.4. The molecule has 0 aliphatic heterocycles. The molecule has 0 atom stereocenters. The van der Waals surface area contributed by atoms with Gasteiger partial charge in [-0.1, -0.05) is 111 Å². The van der Waals surface area contributed by atoms with Gasteiger partial charge in [0.15, 0.2) is 0 Å². The number of rotatable bonds is 2. The lowest BCUT2D eigenvalue weighted by Gasteiger charge is -2.21. The summed E-state index contributed by atoms with van der Waals surface area (Å²) in [7, 11) is 0. The molecular formula is C41H27N3. The molecule has 8 aromatic rings. The van der Waals surface area contributed by atoms with Gasteiger partial charge >= 0.3 is 0 Å². The molecule has 0 unspecified atom stereocenters. The SMILES string of the molecule is CC1(C)c2ccccc2-c2cc(-c3ccc4c(c3)c3ccccc3n4-c3nc4c5c(cccc5n3)-c3ccccc3-4)ccc21. The average molecular weight is 562 g/mol. The number of hydrogen-bond acceptors (Lipinski definition) is 2. The van der Waals surface area contributed by atoms with Gasteiger partial charge in [-0.2, -0.15) is 0 Å². The highest BCUT2D eigenvalue weighted by Gasteiger charge is 2.35. The third-order valence-electron chi connectivity index (χ3n) is 9.97. The zero-order valence-electron chi connectivity index (χ0n) is 24.5. The number of aromatic nitrogens is 3. The first-order chi connectivity index (χ1) is 21.6. The van der Waals surface area contributed by atoms with Crippen molar-refractivity contribution in [1.29, 1.82) is 0 Å². The van der Waals surface area contributed by atoms with Crippen molar-refractivity contribution in [1.82, 2.24) is 14.5 Å². The van der Waals surface area contributed by atoms with Gasteiger partial charge in [0.25, 0.3) is 0 Å². The maximum atomic E-state index is 5.26. The quantitative estimate of drug-likeness (QED) is 0.210. The average Bonchev–Trinajstić information content (AvgIpc) is 3.65. The van der Waals surface area contributed by atoms with E-state index in [0.717, 1.165) is 27.6 Å². The lowest BCUT2D eigenvalue weighted by molar-refractivity contribution is 0.660. The van der Waals surface area contributed by atoms with Crippen molar-refractivity contribution < 1.29 is 0 Å². The molecule has 0 saturated carbocycles. The van der Waals surface area contributed by atoms with Gasteiger partial charge in [-0.05, 0) is 74.8 Å². The van der Waals surface area contributed by atoms with E-state index < -0.39 is 0 Å². The summed E-state index contributed by atoms with van der Waals surface area (Å²) < 4.78 is 2.24. The molecule has 206 valence electrons. The Morgan fingerprint density at radius 3 is 2.09 bits per heavy atom. The van der Waals surface area contributed by atoms with Crippen LogP contribution < -0.4 is 0 Å². The molecule has 0 saturated heterocycles. The highest BCUT2D eigenvalue weighted by molar-refractivity contribution is 6.14. The predicted octanol–water partition coefficient (Wildman–Crippen LogP) is 10.3. The van der Waals surface area contributed by atoms with Crippen LogP contribution in [0.15, 0.2) is 127 Å². The summed E-state index contributed by atoms with van der Waals surface area (Å²) in [5.41, 5.74) is 15.7. The molecule has 2 aromatic heterocycles. The van der Waals surface area contributed by atoms with E-state index in [2.05, 4.69) is 146 Å². The fourth-order valence-corrected chi connectivity index (χ4v) is 7.88. The van der Waals surface area contributed by atoms with E-state index in [0.29, 0.717) is 5.95 Å². The van der Waals surface area contributed by atoms with Crippen LogP contribution >= 0.6 is 0 Å². The standard InChI is InChI=1S/C41H27N3/c1-41(2)33-15-7-5-11-27(33)31-22-24(18-20-34(31)41)25-19-21-37-32(23-25)28-12-6-8-17-36(28)44(37)40-42-35-16-9-14-29-26-10-3-4-13-30(26)39(43-40)38(29)35/h3-23H,1-2H3. The summed E-state index contributed by atoms with van der Waals surface area (Å²) in [5.74, 6) is 0.705. The molecule has 0 fully saturated rings. The Kier molecular flexibility index (Phi) is 4.52. The molecule has 44 heavy (non-hydrogen) atoms. The molecule has 0 bridgehead atoms. The zero-order valence-corrected chi connectivity index (χ0v) is 24.5. The van der Waals surface area contributed by atoms with Gasteiger partial charge in [-0.25, -0.2) is 9.97 Å². The minimum absolute atomic E-state index is 0.00325. The first-order valence-electron chi connectivity index (χ1n) is 15.3. The summed E-state index contributed by atoms with van der Waals surface area (Å²) in [6.45, 7) is 4.66. The number of hydrogen-bond donors (Lipinski definition) is 0. The molecule has 2 aliphatic carbocycles. The van der Waals surface area contributed by atoms with Crippen LogP contribution in [0.1, 0.15) is 25.0 Å². The molecular weight excluding hydrogens is 534 g/mol. The van der Waals surface area contributed by atoms with E-state index in [1.165, 1.54) is 60.8 Å². The van der Waals surface area contributed by atoms with Crippen LogP contribution in [-0.4, -0.2) is 14.5 Å². The Bertz CT molecular complexity index is 2530. The van der Waals surface area contributed by atoms with Crippen molar-refractivity contribution >= 4 is 32.7 Å². The topological polar surface area (TPSA) is 30.7 Å². The lowest BCUT2D eigenvalue weighted by Crippen LogP contribution is -2.14. The Hall–Kier alpha value is -5.54. The van der Waals surface area contributed by atoms with Crippen LogP contribution in [0.25, 0.3) is 83.3 Å². The molecule has 3 nitrogen and oxygen atoms in total. The highest BCUT2D eigenvalue weighted by atomic mass is 15.2. The Balaban J connectivity index is 1.19. The van der Waals surface area contributed by atoms with E-state index in [1.54, 1.807) is 0 Å². The Labute approximate surface area is 255 Å². The van der Waals surface area contributed by atoms with Gasteiger partial charge in [-0.15, -0.1) is 0 Å². The second-order valence-electron chi connectivity index (χ2n) is 12.6. The van der Waals surface area contributed by atoms with Crippen LogP contribution in [0.5, 0.6) is 0 Å². The Morgan fingerprint density at radius 2 is 1.18 bits per heavy atom. The van der Waals surface area contributed by atoms with Crippen molar-refractivity contribution in [3.8, 4) is 50.6 Å². The van der Waals surface area contributed by atoms with Crippen LogP contribution in [-0.2, 0) is 5.41 Å². The van der Waals surface area contributed by atoms with E-state index >= 15 is 0 Å². The molecule has 6 aromatic carbocycles. The van der Waals surface area contributed by atoms with Gasteiger partial charge in [0.05, 0.1) is 22.2 Å². The first-order valence-corrected chi connectivity index (χ1v) is 15.3. The first kappa shape index (κ1) is 24.0. The van der Waals surface area contributed by atoms with Crippen molar-refractivity contribution in [3.05, 3.63) is 139 Å². The molecule has 0 radical (unpaired) electrons. The van der Waals surface area contributed by atoms with Gasteiger partial charge in [-0.3, -0.25) is 4.57 Å². The summed E-state index contributed by atoms with van der Waals surface area (Å²) in [6.07, 6.45) is 0. The van der Waals surface area contributed by atoms with Crippen LogP contribution in [0.4, 0.5) is 0 Å². The maximum Gasteiger partial charge on any atom is 0.235 e. The Morgan fingerprint density at radius 1 is 0.500 bits per heavy atom. The second-order valence-corrected chi connectivity index (χ2v) is 12.6.